The molecule has 0 heterocycles. The summed E-state index contributed by atoms with van der Waals surface area (Å²) in [5.74, 6) is 0.557. The Hall–Kier alpha value is -2.33. The molecule has 1 fully saturated rings. The molecule has 0 aromatic heterocycles. The van der Waals surface area contributed by atoms with E-state index in [1.54, 1.807) is 0 Å². The Morgan fingerprint density at radius 3 is 2.21 bits per heavy atom. The number of hydrogen-bond donors (Lipinski definition) is 2. The summed E-state index contributed by atoms with van der Waals surface area (Å²) in [5.41, 5.74) is 2.85. The standard InChI is InChI=1S/C25H35N3O/c1-28(2)25(23-13-7-4-8-14-23)17-15-22(16-18-25)20-27-24(29)26-19-9-12-21-10-5-3-6-11-21/h3-8,10-11,13-14,22H,9,12,15-20H2,1-2H3,(H2,26,27,29). The third kappa shape index (κ3) is 5.83. The first-order valence-corrected chi connectivity index (χ1v) is 10.9. The fourth-order valence-corrected chi connectivity index (χ4v) is 4.54. The highest BCUT2D eigenvalue weighted by Gasteiger charge is 2.38. The number of rotatable bonds is 8. The zero-order chi connectivity index (χ0) is 20.5. The highest BCUT2D eigenvalue weighted by Crippen LogP contribution is 2.42. The summed E-state index contributed by atoms with van der Waals surface area (Å²) in [6, 6.07) is 21.2. The van der Waals surface area contributed by atoms with Crippen LogP contribution in [0.4, 0.5) is 4.79 Å². The maximum Gasteiger partial charge on any atom is 0.314 e. The molecule has 0 aliphatic heterocycles. The molecule has 1 aliphatic rings. The van der Waals surface area contributed by atoms with Gasteiger partial charge in [-0.25, -0.2) is 4.79 Å². The first-order chi connectivity index (χ1) is 14.1. The molecule has 0 unspecified atom stereocenters. The van der Waals surface area contributed by atoms with Crippen LogP contribution in [-0.4, -0.2) is 38.1 Å². The lowest BCUT2D eigenvalue weighted by Gasteiger charge is -2.45. The summed E-state index contributed by atoms with van der Waals surface area (Å²) in [4.78, 5) is 14.5. The highest BCUT2D eigenvalue weighted by molar-refractivity contribution is 5.73. The average molecular weight is 394 g/mol. The molecular formula is C25H35N3O. The molecule has 2 amide bonds. The van der Waals surface area contributed by atoms with E-state index < -0.39 is 0 Å². The van der Waals surface area contributed by atoms with Gasteiger partial charge in [-0.3, -0.25) is 4.90 Å². The number of nitrogens with zero attached hydrogens (tertiary/aromatic N) is 1. The number of urea groups is 1. The lowest BCUT2D eigenvalue weighted by Crippen LogP contribution is -2.46. The third-order valence-electron chi connectivity index (χ3n) is 6.42. The Kier molecular flexibility index (Phi) is 7.70. The van der Waals surface area contributed by atoms with Crippen LogP contribution >= 0.6 is 0 Å². The van der Waals surface area contributed by atoms with Gasteiger partial charge in [-0.2, -0.15) is 0 Å². The number of amides is 2. The van der Waals surface area contributed by atoms with Crippen LogP contribution in [0, 0.1) is 5.92 Å². The predicted octanol–water partition coefficient (Wildman–Crippen LogP) is 4.57. The fourth-order valence-electron chi connectivity index (χ4n) is 4.54. The number of carbonyl (C=O) groups is 1. The van der Waals surface area contributed by atoms with Crippen molar-refractivity contribution in [2.45, 2.75) is 44.1 Å². The summed E-state index contributed by atoms with van der Waals surface area (Å²) in [6.45, 7) is 1.48. The van der Waals surface area contributed by atoms with Crippen molar-refractivity contribution in [2.24, 2.45) is 5.92 Å². The Bertz CT molecular complexity index is 737. The van der Waals surface area contributed by atoms with E-state index in [2.05, 4.69) is 84.2 Å². The quantitative estimate of drug-likeness (QED) is 0.646. The molecule has 4 heteroatoms. The second-order valence-corrected chi connectivity index (χ2v) is 8.46. The van der Waals surface area contributed by atoms with E-state index >= 15 is 0 Å². The zero-order valence-corrected chi connectivity index (χ0v) is 17.9. The van der Waals surface area contributed by atoms with Gasteiger partial charge in [-0.05, 0) is 69.7 Å². The summed E-state index contributed by atoms with van der Waals surface area (Å²) in [5, 5.41) is 6.08. The largest absolute Gasteiger partial charge is 0.338 e. The van der Waals surface area contributed by atoms with Crippen molar-refractivity contribution in [3.05, 3.63) is 71.8 Å². The highest BCUT2D eigenvalue weighted by atomic mass is 16.2. The fraction of sp³-hybridized carbons (Fsp3) is 0.480. The second-order valence-electron chi connectivity index (χ2n) is 8.46. The number of nitrogens with one attached hydrogen (secondary N) is 2. The lowest BCUT2D eigenvalue weighted by molar-refractivity contribution is 0.0775. The second kappa shape index (κ2) is 10.4. The van der Waals surface area contributed by atoms with E-state index in [9.17, 15) is 4.79 Å². The number of benzene rings is 2. The molecule has 0 radical (unpaired) electrons. The molecule has 1 aliphatic carbocycles. The van der Waals surface area contributed by atoms with Crippen LogP contribution in [0.2, 0.25) is 0 Å². The van der Waals surface area contributed by atoms with E-state index in [0.717, 1.165) is 45.1 Å². The lowest BCUT2D eigenvalue weighted by atomic mass is 9.72. The van der Waals surface area contributed by atoms with Gasteiger partial charge < -0.3 is 10.6 Å². The first kappa shape index (κ1) is 21.4. The van der Waals surface area contributed by atoms with Crippen LogP contribution in [0.1, 0.15) is 43.2 Å². The summed E-state index contributed by atoms with van der Waals surface area (Å²) >= 11 is 0. The van der Waals surface area contributed by atoms with Crippen molar-refractivity contribution in [3.63, 3.8) is 0 Å². The molecular weight excluding hydrogens is 358 g/mol. The van der Waals surface area contributed by atoms with Gasteiger partial charge in [-0.15, -0.1) is 0 Å². The molecule has 156 valence electrons. The molecule has 0 spiro atoms. The summed E-state index contributed by atoms with van der Waals surface area (Å²) in [6.07, 6.45) is 6.51. The molecule has 0 saturated heterocycles. The predicted molar refractivity (Wildman–Crippen MR) is 120 cm³/mol. The Balaban J connectivity index is 1.37. The molecule has 2 aromatic carbocycles. The SMILES string of the molecule is CN(C)C1(c2ccccc2)CCC(CNC(=O)NCCCc2ccccc2)CC1. The molecule has 2 N–H and O–H groups in total. The van der Waals surface area contributed by atoms with Crippen LogP contribution in [0.25, 0.3) is 0 Å². The normalized spacial score (nSPS) is 21.7. The van der Waals surface area contributed by atoms with Gasteiger partial charge in [-0.1, -0.05) is 60.7 Å². The van der Waals surface area contributed by atoms with Crippen molar-refractivity contribution in [1.29, 1.82) is 0 Å². The molecule has 4 nitrogen and oxygen atoms in total. The van der Waals surface area contributed by atoms with Gasteiger partial charge in [0.1, 0.15) is 0 Å². The van der Waals surface area contributed by atoms with Crippen LogP contribution in [0.3, 0.4) is 0 Å². The Morgan fingerprint density at radius 1 is 0.966 bits per heavy atom. The van der Waals surface area contributed by atoms with E-state index in [4.69, 9.17) is 0 Å². The maximum absolute atomic E-state index is 12.1. The van der Waals surface area contributed by atoms with Gasteiger partial charge in [0, 0.05) is 18.6 Å². The van der Waals surface area contributed by atoms with Crippen molar-refractivity contribution < 1.29 is 4.79 Å². The number of aryl methyl sites for hydroxylation is 1. The Labute approximate surface area is 175 Å². The zero-order valence-electron chi connectivity index (χ0n) is 17.9. The maximum atomic E-state index is 12.1. The van der Waals surface area contributed by atoms with Gasteiger partial charge in [0.25, 0.3) is 0 Å². The van der Waals surface area contributed by atoms with Crippen LogP contribution in [0.15, 0.2) is 60.7 Å². The van der Waals surface area contributed by atoms with Crippen LogP contribution in [0.5, 0.6) is 0 Å². The Morgan fingerprint density at radius 2 is 1.59 bits per heavy atom. The molecule has 0 atom stereocenters. The van der Waals surface area contributed by atoms with Gasteiger partial charge in [0.2, 0.25) is 0 Å². The van der Waals surface area contributed by atoms with Crippen molar-refractivity contribution in [2.75, 3.05) is 27.2 Å². The minimum Gasteiger partial charge on any atom is -0.338 e. The van der Waals surface area contributed by atoms with Gasteiger partial charge >= 0.3 is 6.03 Å². The first-order valence-electron chi connectivity index (χ1n) is 10.9. The minimum absolute atomic E-state index is 0.0365. The van der Waals surface area contributed by atoms with E-state index in [0.29, 0.717) is 12.5 Å². The van der Waals surface area contributed by atoms with E-state index in [-0.39, 0.29) is 11.6 Å². The van der Waals surface area contributed by atoms with Gasteiger partial charge in [0.15, 0.2) is 0 Å². The average Bonchev–Trinajstić information content (AvgIpc) is 2.77. The minimum atomic E-state index is -0.0365. The molecule has 3 rings (SSSR count). The number of hydrogen-bond acceptors (Lipinski definition) is 2. The summed E-state index contributed by atoms with van der Waals surface area (Å²) in [7, 11) is 4.38. The van der Waals surface area contributed by atoms with Crippen molar-refractivity contribution in [1.82, 2.24) is 15.5 Å². The smallest absolute Gasteiger partial charge is 0.314 e. The third-order valence-corrected chi connectivity index (χ3v) is 6.42. The molecule has 29 heavy (non-hydrogen) atoms. The molecule has 2 aromatic rings. The molecule has 1 saturated carbocycles. The van der Waals surface area contributed by atoms with Crippen molar-refractivity contribution in [3.8, 4) is 0 Å². The van der Waals surface area contributed by atoms with Crippen LogP contribution < -0.4 is 10.6 Å². The van der Waals surface area contributed by atoms with Crippen LogP contribution in [-0.2, 0) is 12.0 Å². The monoisotopic (exact) mass is 393 g/mol. The topological polar surface area (TPSA) is 44.4 Å². The van der Waals surface area contributed by atoms with Crippen molar-refractivity contribution >= 4 is 6.03 Å². The van der Waals surface area contributed by atoms with Gasteiger partial charge in [0.05, 0.1) is 0 Å². The van der Waals surface area contributed by atoms with E-state index in [1.165, 1.54) is 11.1 Å². The number of carbonyl (C=O) groups excluding carboxylic acids is 1. The summed E-state index contributed by atoms with van der Waals surface area (Å²) < 4.78 is 0. The molecule has 0 bridgehead atoms. The van der Waals surface area contributed by atoms with E-state index in [1.807, 2.05) is 6.07 Å².